The SMILES string of the molecule is O=C(NN=Cc1ccc(Br)cc1)[C@H](Cc1ccc(O)cc1)N1Cc2ccccc2C1=O. The van der Waals surface area contributed by atoms with Gasteiger partial charge in [0.15, 0.2) is 0 Å². The first-order valence-electron chi connectivity index (χ1n) is 9.76. The van der Waals surface area contributed by atoms with Crippen molar-refractivity contribution in [2.24, 2.45) is 5.10 Å². The van der Waals surface area contributed by atoms with Crippen molar-refractivity contribution >= 4 is 34.0 Å². The molecule has 0 aliphatic carbocycles. The molecule has 1 aliphatic heterocycles. The molecule has 156 valence electrons. The predicted molar refractivity (Wildman–Crippen MR) is 122 cm³/mol. The van der Waals surface area contributed by atoms with Crippen LogP contribution in [-0.2, 0) is 17.8 Å². The van der Waals surface area contributed by atoms with Crippen LogP contribution in [0.2, 0.25) is 0 Å². The minimum absolute atomic E-state index is 0.147. The number of benzene rings is 3. The number of phenols is 1. The monoisotopic (exact) mass is 477 g/mol. The van der Waals surface area contributed by atoms with Crippen LogP contribution in [-0.4, -0.2) is 34.1 Å². The Morgan fingerprint density at radius 3 is 2.52 bits per heavy atom. The number of halogens is 1. The fourth-order valence-corrected chi connectivity index (χ4v) is 3.79. The summed E-state index contributed by atoms with van der Waals surface area (Å²) in [6, 6.07) is 20.8. The van der Waals surface area contributed by atoms with Gasteiger partial charge in [-0.05, 0) is 47.0 Å². The maximum atomic E-state index is 13.1. The zero-order chi connectivity index (χ0) is 21.8. The average molecular weight is 478 g/mol. The van der Waals surface area contributed by atoms with E-state index in [-0.39, 0.29) is 17.6 Å². The zero-order valence-electron chi connectivity index (χ0n) is 16.5. The Hall–Kier alpha value is -3.45. The summed E-state index contributed by atoms with van der Waals surface area (Å²) in [7, 11) is 0. The molecule has 0 saturated carbocycles. The Labute approximate surface area is 188 Å². The van der Waals surface area contributed by atoms with E-state index in [2.05, 4.69) is 26.5 Å². The Kier molecular flexibility index (Phi) is 6.13. The number of hydrogen-bond donors (Lipinski definition) is 2. The van der Waals surface area contributed by atoms with Crippen LogP contribution in [0.25, 0.3) is 0 Å². The molecule has 4 rings (SSSR count). The Morgan fingerprint density at radius 2 is 1.81 bits per heavy atom. The van der Waals surface area contributed by atoms with Crippen LogP contribution in [0.15, 0.2) is 82.4 Å². The van der Waals surface area contributed by atoms with Crippen molar-refractivity contribution in [2.75, 3.05) is 0 Å². The van der Waals surface area contributed by atoms with Gasteiger partial charge in [0.2, 0.25) is 0 Å². The molecule has 1 heterocycles. The number of nitrogens with zero attached hydrogens (tertiary/aromatic N) is 2. The van der Waals surface area contributed by atoms with Gasteiger partial charge >= 0.3 is 0 Å². The van der Waals surface area contributed by atoms with E-state index in [0.717, 1.165) is 21.2 Å². The topological polar surface area (TPSA) is 82.0 Å². The molecule has 31 heavy (non-hydrogen) atoms. The highest BCUT2D eigenvalue weighted by Crippen LogP contribution is 2.26. The number of aromatic hydroxyl groups is 1. The summed E-state index contributed by atoms with van der Waals surface area (Å²) in [6.45, 7) is 0.363. The minimum Gasteiger partial charge on any atom is -0.508 e. The van der Waals surface area contributed by atoms with Crippen molar-refractivity contribution in [1.29, 1.82) is 0 Å². The molecule has 1 aliphatic rings. The molecule has 2 amide bonds. The van der Waals surface area contributed by atoms with Crippen molar-refractivity contribution in [1.82, 2.24) is 10.3 Å². The van der Waals surface area contributed by atoms with Crippen LogP contribution in [0.5, 0.6) is 5.75 Å². The van der Waals surface area contributed by atoms with Gasteiger partial charge in [-0.1, -0.05) is 58.4 Å². The van der Waals surface area contributed by atoms with Gasteiger partial charge in [0, 0.05) is 23.0 Å². The van der Waals surface area contributed by atoms with Crippen molar-refractivity contribution in [3.63, 3.8) is 0 Å². The fraction of sp³-hybridized carbons (Fsp3) is 0.125. The van der Waals surface area contributed by atoms with Crippen LogP contribution in [0.4, 0.5) is 0 Å². The second-order valence-corrected chi connectivity index (χ2v) is 8.18. The molecule has 1 atom stereocenters. The summed E-state index contributed by atoms with van der Waals surface area (Å²) in [4.78, 5) is 27.6. The third kappa shape index (κ3) is 4.83. The van der Waals surface area contributed by atoms with E-state index in [1.807, 2.05) is 42.5 Å². The van der Waals surface area contributed by atoms with Crippen LogP contribution in [0.1, 0.15) is 27.0 Å². The quantitative estimate of drug-likeness (QED) is 0.417. The number of hydrogen-bond acceptors (Lipinski definition) is 4. The molecule has 3 aromatic carbocycles. The second-order valence-electron chi connectivity index (χ2n) is 7.26. The third-order valence-corrected chi connectivity index (χ3v) is 5.68. The number of carbonyl (C=O) groups excluding carboxylic acids is 2. The number of nitrogens with one attached hydrogen (secondary N) is 1. The number of fused-ring (bicyclic) bond motifs is 1. The van der Waals surface area contributed by atoms with Crippen LogP contribution in [0.3, 0.4) is 0 Å². The van der Waals surface area contributed by atoms with Crippen molar-refractivity contribution in [2.45, 2.75) is 19.0 Å². The zero-order valence-corrected chi connectivity index (χ0v) is 18.1. The molecule has 0 aromatic heterocycles. The van der Waals surface area contributed by atoms with Crippen LogP contribution < -0.4 is 5.43 Å². The van der Waals surface area contributed by atoms with E-state index in [9.17, 15) is 14.7 Å². The normalized spacial score (nSPS) is 14.0. The minimum atomic E-state index is -0.744. The molecule has 0 spiro atoms. The van der Waals surface area contributed by atoms with Gasteiger partial charge in [0.1, 0.15) is 11.8 Å². The molecule has 0 fully saturated rings. The molecule has 6 nitrogen and oxygen atoms in total. The fourth-order valence-electron chi connectivity index (χ4n) is 3.52. The standard InChI is InChI=1S/C24H20BrN3O3/c25-19-9-5-17(6-10-19)14-26-27-23(30)22(13-16-7-11-20(29)12-8-16)28-15-18-3-1-2-4-21(18)24(28)31/h1-12,14,22,29H,13,15H2,(H,27,30)/t22-/m0/s1. The van der Waals surface area contributed by atoms with Gasteiger partial charge in [0.25, 0.3) is 11.8 Å². The Bertz CT molecular complexity index is 1130. The largest absolute Gasteiger partial charge is 0.508 e. The summed E-state index contributed by atoms with van der Waals surface area (Å²) in [5, 5.41) is 13.6. The van der Waals surface area contributed by atoms with E-state index in [1.54, 1.807) is 41.4 Å². The first-order valence-corrected chi connectivity index (χ1v) is 10.6. The molecule has 2 N–H and O–H groups in total. The van der Waals surface area contributed by atoms with Crippen molar-refractivity contribution in [3.05, 3.63) is 99.5 Å². The first-order chi connectivity index (χ1) is 15.0. The molecule has 0 unspecified atom stereocenters. The lowest BCUT2D eigenvalue weighted by Crippen LogP contribution is -2.47. The molecule has 0 saturated heterocycles. The highest BCUT2D eigenvalue weighted by atomic mass is 79.9. The lowest BCUT2D eigenvalue weighted by Gasteiger charge is -2.26. The highest BCUT2D eigenvalue weighted by molar-refractivity contribution is 9.10. The van der Waals surface area contributed by atoms with Crippen LogP contribution >= 0.6 is 15.9 Å². The van der Waals surface area contributed by atoms with Gasteiger partial charge in [0.05, 0.1) is 6.21 Å². The number of carbonyl (C=O) groups is 2. The van der Waals surface area contributed by atoms with Gasteiger partial charge in [-0.25, -0.2) is 5.43 Å². The third-order valence-electron chi connectivity index (χ3n) is 5.15. The molecule has 3 aromatic rings. The average Bonchev–Trinajstić information content (AvgIpc) is 3.11. The summed E-state index contributed by atoms with van der Waals surface area (Å²) in [5.74, 6) is -0.400. The Balaban J connectivity index is 1.54. The van der Waals surface area contributed by atoms with E-state index in [1.165, 1.54) is 0 Å². The first kappa shape index (κ1) is 20.8. The van der Waals surface area contributed by atoms with E-state index in [4.69, 9.17) is 0 Å². The number of hydrazone groups is 1. The summed E-state index contributed by atoms with van der Waals surface area (Å²) < 4.78 is 0.953. The summed E-state index contributed by atoms with van der Waals surface area (Å²) >= 11 is 3.38. The molecule has 0 bridgehead atoms. The maximum absolute atomic E-state index is 13.1. The van der Waals surface area contributed by atoms with Gasteiger partial charge in [-0.2, -0.15) is 5.10 Å². The number of phenolic OH excluding ortho intramolecular Hbond substituents is 1. The molecule has 7 heteroatoms. The number of amides is 2. The van der Waals surface area contributed by atoms with Gasteiger partial charge in [-0.3, -0.25) is 9.59 Å². The molecule has 0 radical (unpaired) electrons. The maximum Gasteiger partial charge on any atom is 0.263 e. The highest BCUT2D eigenvalue weighted by Gasteiger charge is 2.36. The van der Waals surface area contributed by atoms with Gasteiger partial charge < -0.3 is 10.0 Å². The van der Waals surface area contributed by atoms with Crippen molar-refractivity contribution < 1.29 is 14.7 Å². The second kappa shape index (κ2) is 9.14. The summed E-state index contributed by atoms with van der Waals surface area (Å²) in [6.07, 6.45) is 1.86. The lowest BCUT2D eigenvalue weighted by atomic mass is 10.0. The summed E-state index contributed by atoms with van der Waals surface area (Å²) in [5.41, 5.74) is 5.76. The van der Waals surface area contributed by atoms with Crippen molar-refractivity contribution in [3.8, 4) is 5.75 Å². The van der Waals surface area contributed by atoms with E-state index < -0.39 is 6.04 Å². The molecular formula is C24H20BrN3O3. The molecular weight excluding hydrogens is 458 g/mol. The van der Waals surface area contributed by atoms with Crippen LogP contribution in [0, 0.1) is 0 Å². The van der Waals surface area contributed by atoms with E-state index >= 15 is 0 Å². The van der Waals surface area contributed by atoms with E-state index in [0.29, 0.717) is 18.5 Å². The predicted octanol–water partition coefficient (Wildman–Crippen LogP) is 3.87. The lowest BCUT2D eigenvalue weighted by molar-refractivity contribution is -0.125. The smallest absolute Gasteiger partial charge is 0.263 e. The van der Waals surface area contributed by atoms with Gasteiger partial charge in [-0.15, -0.1) is 0 Å². The number of rotatable bonds is 6. The Morgan fingerprint density at radius 1 is 1.10 bits per heavy atom.